The van der Waals surface area contributed by atoms with Crippen molar-refractivity contribution in [1.29, 1.82) is 0 Å². The van der Waals surface area contributed by atoms with Gasteiger partial charge in [0.1, 0.15) is 5.75 Å². The van der Waals surface area contributed by atoms with Crippen LogP contribution in [-0.2, 0) is 0 Å². The van der Waals surface area contributed by atoms with Crippen LogP contribution in [0, 0.1) is 23.2 Å². The fraction of sp³-hybridized carbons (Fsp3) is 0.500. The number of hydrogen-bond acceptors (Lipinski definition) is 3. The fourth-order valence-corrected chi connectivity index (χ4v) is 8.43. The third kappa shape index (κ3) is 5.33. The maximum atomic E-state index is 11.3. The van der Waals surface area contributed by atoms with E-state index in [9.17, 15) is 15.0 Å². The van der Waals surface area contributed by atoms with E-state index < -0.39 is 5.97 Å². The molecule has 0 radical (unpaired) electrons. The van der Waals surface area contributed by atoms with Crippen LogP contribution in [0.15, 0.2) is 60.7 Å². The largest absolute Gasteiger partial charge is 0.493 e. The minimum atomic E-state index is -0.922. The van der Waals surface area contributed by atoms with E-state index in [0.29, 0.717) is 12.0 Å². The molecule has 2 N–H and O–H groups in total. The number of unbranched alkanes of at least 4 members (excludes halogenated alkanes) is 2. The number of carboxylic acid groups (broad SMARTS) is 1. The quantitative estimate of drug-likeness (QED) is 0.255. The normalized spacial score (nSPS) is 26.5. The lowest BCUT2D eigenvalue weighted by Crippen LogP contribution is -2.47. The molecule has 4 nitrogen and oxygen atoms in total. The summed E-state index contributed by atoms with van der Waals surface area (Å²) in [6.07, 6.45) is 13.3. The average molecular weight is 513 g/mol. The molecular formula is C34H40O4. The predicted octanol–water partition coefficient (Wildman–Crippen LogP) is 8.11. The van der Waals surface area contributed by atoms with E-state index in [-0.39, 0.29) is 11.7 Å². The van der Waals surface area contributed by atoms with Crippen LogP contribution < -0.4 is 4.74 Å². The van der Waals surface area contributed by atoms with Crippen LogP contribution in [0.5, 0.6) is 5.75 Å². The molecule has 0 aromatic heterocycles. The molecule has 4 heteroatoms. The van der Waals surface area contributed by atoms with E-state index in [0.717, 1.165) is 77.5 Å². The van der Waals surface area contributed by atoms with Crippen LogP contribution in [0.25, 0.3) is 21.9 Å². The second-order valence-corrected chi connectivity index (χ2v) is 12.5. The average Bonchev–Trinajstić information content (AvgIpc) is 2.89. The van der Waals surface area contributed by atoms with Gasteiger partial charge in [-0.15, -0.1) is 0 Å². The second kappa shape index (κ2) is 10.7. The van der Waals surface area contributed by atoms with Crippen molar-refractivity contribution in [2.45, 2.75) is 76.7 Å². The standard InChI is InChI=1S/C34H40O4/c35-29(22-34-19-23-16-24(20-34)18-25(17-23)21-34)7-2-1-5-15-38-31-14-13-26-6-3-4-8-30(26)32(31)27-9-11-28(12-10-27)33(36)37/h3-4,6,8-14,23-25,29,35H,1-2,5,7,15-22H2,(H,36,37). The van der Waals surface area contributed by atoms with Crippen molar-refractivity contribution in [3.63, 3.8) is 0 Å². The Balaban J connectivity index is 1.03. The van der Waals surface area contributed by atoms with Gasteiger partial charge in [-0.25, -0.2) is 4.79 Å². The molecule has 4 fully saturated rings. The van der Waals surface area contributed by atoms with Crippen molar-refractivity contribution in [3.05, 3.63) is 66.2 Å². The number of benzene rings is 3. The monoisotopic (exact) mass is 512 g/mol. The first-order chi connectivity index (χ1) is 18.5. The molecule has 0 spiro atoms. The molecule has 0 amide bonds. The van der Waals surface area contributed by atoms with Crippen molar-refractivity contribution >= 4 is 16.7 Å². The van der Waals surface area contributed by atoms with Gasteiger partial charge in [-0.2, -0.15) is 0 Å². The molecule has 0 heterocycles. The van der Waals surface area contributed by atoms with Gasteiger partial charge in [0.25, 0.3) is 0 Å². The molecule has 0 saturated heterocycles. The van der Waals surface area contributed by atoms with Gasteiger partial charge >= 0.3 is 5.97 Å². The van der Waals surface area contributed by atoms with Crippen LogP contribution in [0.3, 0.4) is 0 Å². The highest BCUT2D eigenvalue weighted by Crippen LogP contribution is 2.61. The topological polar surface area (TPSA) is 66.8 Å². The van der Waals surface area contributed by atoms with Crippen LogP contribution in [0.1, 0.15) is 81.0 Å². The highest BCUT2D eigenvalue weighted by atomic mass is 16.5. The molecule has 7 rings (SSSR count). The molecule has 1 unspecified atom stereocenters. The Morgan fingerprint density at radius 1 is 0.868 bits per heavy atom. The van der Waals surface area contributed by atoms with Crippen molar-refractivity contribution in [2.75, 3.05) is 6.61 Å². The van der Waals surface area contributed by atoms with Crippen molar-refractivity contribution in [2.24, 2.45) is 23.2 Å². The molecular weight excluding hydrogens is 472 g/mol. The zero-order valence-corrected chi connectivity index (χ0v) is 22.3. The van der Waals surface area contributed by atoms with Crippen LogP contribution in [-0.4, -0.2) is 28.9 Å². The zero-order valence-electron chi connectivity index (χ0n) is 22.3. The summed E-state index contributed by atoms with van der Waals surface area (Å²) < 4.78 is 6.30. The Morgan fingerprint density at radius 3 is 2.24 bits per heavy atom. The molecule has 1 atom stereocenters. The molecule has 3 aromatic carbocycles. The number of carboxylic acids is 1. The van der Waals surface area contributed by atoms with Gasteiger partial charge in [0.2, 0.25) is 0 Å². The van der Waals surface area contributed by atoms with Gasteiger partial charge in [-0.05, 0) is 122 Å². The first-order valence-corrected chi connectivity index (χ1v) is 14.6. The zero-order chi connectivity index (χ0) is 26.1. The highest BCUT2D eigenvalue weighted by molar-refractivity contribution is 6.00. The third-order valence-corrected chi connectivity index (χ3v) is 9.58. The summed E-state index contributed by atoms with van der Waals surface area (Å²) in [7, 11) is 0. The van der Waals surface area contributed by atoms with Crippen LogP contribution in [0.2, 0.25) is 0 Å². The first kappa shape index (κ1) is 25.4. The molecule has 4 bridgehead atoms. The van der Waals surface area contributed by atoms with Crippen molar-refractivity contribution in [3.8, 4) is 16.9 Å². The smallest absolute Gasteiger partial charge is 0.335 e. The van der Waals surface area contributed by atoms with Gasteiger partial charge in [0.15, 0.2) is 0 Å². The summed E-state index contributed by atoms with van der Waals surface area (Å²) >= 11 is 0. The number of aliphatic hydroxyl groups excluding tert-OH is 1. The lowest BCUT2D eigenvalue weighted by molar-refractivity contribution is -0.0768. The Morgan fingerprint density at radius 2 is 1.55 bits per heavy atom. The predicted molar refractivity (Wildman–Crippen MR) is 152 cm³/mol. The molecule has 3 aromatic rings. The number of rotatable bonds is 11. The fourth-order valence-electron chi connectivity index (χ4n) is 8.43. The molecule has 4 aliphatic carbocycles. The van der Waals surface area contributed by atoms with Crippen molar-refractivity contribution in [1.82, 2.24) is 0 Å². The molecule has 200 valence electrons. The first-order valence-electron chi connectivity index (χ1n) is 14.6. The van der Waals surface area contributed by atoms with E-state index in [1.807, 2.05) is 30.3 Å². The van der Waals surface area contributed by atoms with E-state index in [1.54, 1.807) is 12.1 Å². The Bertz CT molecular complexity index is 1240. The van der Waals surface area contributed by atoms with Gasteiger partial charge in [-0.1, -0.05) is 48.9 Å². The number of ether oxygens (including phenoxy) is 1. The van der Waals surface area contributed by atoms with E-state index in [1.165, 1.54) is 38.5 Å². The lowest BCUT2D eigenvalue weighted by atomic mass is 9.48. The Hall–Kier alpha value is -2.85. The van der Waals surface area contributed by atoms with E-state index in [2.05, 4.69) is 18.2 Å². The van der Waals surface area contributed by atoms with E-state index >= 15 is 0 Å². The summed E-state index contributed by atoms with van der Waals surface area (Å²) in [5, 5.41) is 22.4. The van der Waals surface area contributed by atoms with Gasteiger partial charge in [-0.3, -0.25) is 0 Å². The Kier molecular flexibility index (Phi) is 7.18. The maximum absolute atomic E-state index is 11.3. The SMILES string of the molecule is O=C(O)c1ccc(-c2c(OCCCCCC(O)CC34CC5CC(CC(C5)C3)C4)ccc3ccccc23)cc1. The summed E-state index contributed by atoms with van der Waals surface area (Å²) in [5.41, 5.74) is 2.69. The minimum absolute atomic E-state index is 0.159. The van der Waals surface area contributed by atoms with Crippen LogP contribution in [0.4, 0.5) is 0 Å². The maximum Gasteiger partial charge on any atom is 0.335 e. The lowest BCUT2D eigenvalue weighted by Gasteiger charge is -2.57. The summed E-state index contributed by atoms with van der Waals surface area (Å²) in [6, 6.07) is 19.4. The van der Waals surface area contributed by atoms with Gasteiger partial charge in [0, 0.05) is 5.56 Å². The van der Waals surface area contributed by atoms with Crippen LogP contribution >= 0.6 is 0 Å². The van der Waals surface area contributed by atoms with E-state index in [4.69, 9.17) is 4.74 Å². The number of carbonyl (C=O) groups is 1. The Labute approximate surface area is 226 Å². The van der Waals surface area contributed by atoms with Gasteiger partial charge in [0.05, 0.1) is 18.3 Å². The molecule has 38 heavy (non-hydrogen) atoms. The molecule has 0 aliphatic heterocycles. The summed E-state index contributed by atoms with van der Waals surface area (Å²) in [5.74, 6) is 2.74. The van der Waals surface area contributed by atoms with Gasteiger partial charge < -0.3 is 14.9 Å². The molecule has 4 saturated carbocycles. The summed E-state index contributed by atoms with van der Waals surface area (Å²) in [6.45, 7) is 0.629. The number of aromatic carboxylic acids is 1. The number of hydrogen-bond donors (Lipinski definition) is 2. The number of fused-ring (bicyclic) bond motifs is 1. The second-order valence-electron chi connectivity index (χ2n) is 12.5. The number of aliphatic hydroxyl groups is 1. The molecule has 4 aliphatic rings. The van der Waals surface area contributed by atoms with Crippen molar-refractivity contribution < 1.29 is 19.7 Å². The minimum Gasteiger partial charge on any atom is -0.493 e. The third-order valence-electron chi connectivity index (χ3n) is 9.58. The summed E-state index contributed by atoms with van der Waals surface area (Å²) in [4.78, 5) is 11.3. The highest BCUT2D eigenvalue weighted by Gasteiger charge is 2.51.